The van der Waals surface area contributed by atoms with Crippen LogP contribution in [-0.2, 0) is 0 Å². The van der Waals surface area contributed by atoms with Gasteiger partial charge in [0.25, 0.3) is 0 Å². The first-order valence-electron chi connectivity index (χ1n) is 6.57. The summed E-state index contributed by atoms with van der Waals surface area (Å²) in [6, 6.07) is 7.56. The highest BCUT2D eigenvalue weighted by Gasteiger charge is 2.23. The van der Waals surface area contributed by atoms with Crippen molar-refractivity contribution >= 4 is 23.0 Å². The average molecular weight is 287 g/mol. The largest absolute Gasteiger partial charge is 0.362 e. The minimum Gasteiger partial charge on any atom is -0.362 e. The summed E-state index contributed by atoms with van der Waals surface area (Å²) >= 11 is 0. The fourth-order valence-corrected chi connectivity index (χ4v) is 1.80. The van der Waals surface area contributed by atoms with E-state index in [0.717, 1.165) is 11.3 Å². The maximum atomic E-state index is 11.3. The van der Waals surface area contributed by atoms with Crippen LogP contribution < -0.4 is 10.6 Å². The third-order valence-electron chi connectivity index (χ3n) is 2.74. The summed E-state index contributed by atoms with van der Waals surface area (Å²) in [6.45, 7) is 5.75. The van der Waals surface area contributed by atoms with Crippen LogP contribution in [0.25, 0.3) is 0 Å². The van der Waals surface area contributed by atoms with Crippen molar-refractivity contribution in [2.45, 2.75) is 26.8 Å². The quantitative estimate of drug-likeness (QED) is 0.647. The number of aryl methyl sites for hydroxylation is 1. The zero-order chi connectivity index (χ0) is 15.4. The van der Waals surface area contributed by atoms with Crippen LogP contribution in [0.3, 0.4) is 0 Å². The van der Waals surface area contributed by atoms with Crippen molar-refractivity contribution in [1.29, 1.82) is 0 Å². The van der Waals surface area contributed by atoms with Crippen LogP contribution in [0.15, 0.2) is 30.6 Å². The lowest BCUT2D eigenvalue weighted by Gasteiger charge is -2.12. The molecule has 0 fully saturated rings. The van der Waals surface area contributed by atoms with Gasteiger partial charge in [0.05, 0.1) is 4.92 Å². The summed E-state index contributed by atoms with van der Waals surface area (Å²) in [5, 5.41) is 17.2. The van der Waals surface area contributed by atoms with Crippen molar-refractivity contribution in [2.75, 3.05) is 10.6 Å². The number of nitro groups is 1. The lowest BCUT2D eigenvalue weighted by Crippen LogP contribution is -2.14. The van der Waals surface area contributed by atoms with Gasteiger partial charge in [-0.1, -0.05) is 17.7 Å². The highest BCUT2D eigenvalue weighted by molar-refractivity contribution is 5.73. The summed E-state index contributed by atoms with van der Waals surface area (Å²) in [6.07, 6.45) is 1.30. The molecule has 0 spiro atoms. The number of nitrogens with zero attached hydrogens (tertiary/aromatic N) is 3. The highest BCUT2D eigenvalue weighted by atomic mass is 16.6. The smallest absolute Gasteiger partial charge is 0.353 e. The molecule has 2 rings (SSSR count). The lowest BCUT2D eigenvalue weighted by atomic mass is 10.2. The first-order valence-corrected chi connectivity index (χ1v) is 6.57. The zero-order valence-electron chi connectivity index (χ0n) is 12.1. The van der Waals surface area contributed by atoms with Gasteiger partial charge in [0.2, 0.25) is 11.6 Å². The van der Waals surface area contributed by atoms with Crippen molar-refractivity contribution in [3.05, 3.63) is 46.3 Å². The molecule has 1 aromatic heterocycles. The van der Waals surface area contributed by atoms with E-state index in [9.17, 15) is 10.1 Å². The van der Waals surface area contributed by atoms with Gasteiger partial charge in [-0.25, -0.2) is 9.97 Å². The predicted octanol–water partition coefficient (Wildman–Crippen LogP) is 3.26. The van der Waals surface area contributed by atoms with Crippen LogP contribution in [0.1, 0.15) is 19.4 Å². The van der Waals surface area contributed by atoms with Crippen LogP contribution >= 0.6 is 0 Å². The molecule has 0 aliphatic rings. The van der Waals surface area contributed by atoms with Crippen LogP contribution in [0.5, 0.6) is 0 Å². The maximum Gasteiger partial charge on any atom is 0.353 e. The number of hydrogen-bond acceptors (Lipinski definition) is 6. The standard InChI is InChI=1S/C14H17N5O2/c1-9(2)17-13-12(19(20)21)14(16-8-15-13)18-11-6-4-10(3)5-7-11/h4-9H,1-3H3,(H2,15,16,17,18). The lowest BCUT2D eigenvalue weighted by molar-refractivity contribution is -0.383. The number of rotatable bonds is 5. The van der Waals surface area contributed by atoms with Crippen LogP contribution in [-0.4, -0.2) is 20.9 Å². The monoisotopic (exact) mass is 287 g/mol. The van der Waals surface area contributed by atoms with E-state index in [-0.39, 0.29) is 23.4 Å². The Morgan fingerprint density at radius 2 is 1.76 bits per heavy atom. The molecule has 2 aromatic rings. The molecule has 0 saturated carbocycles. The SMILES string of the molecule is Cc1ccc(Nc2ncnc(NC(C)C)c2[N+](=O)[O-])cc1. The molecule has 0 amide bonds. The van der Waals surface area contributed by atoms with Gasteiger partial charge < -0.3 is 10.6 Å². The van der Waals surface area contributed by atoms with Gasteiger partial charge >= 0.3 is 5.69 Å². The van der Waals surface area contributed by atoms with E-state index in [1.165, 1.54) is 6.33 Å². The Morgan fingerprint density at radius 1 is 1.14 bits per heavy atom. The molecule has 7 heteroatoms. The number of benzene rings is 1. The molecule has 0 atom stereocenters. The Bertz CT molecular complexity index is 640. The number of hydrogen-bond donors (Lipinski definition) is 2. The van der Waals surface area contributed by atoms with Gasteiger partial charge in [-0.3, -0.25) is 10.1 Å². The second kappa shape index (κ2) is 6.17. The van der Waals surface area contributed by atoms with E-state index in [0.29, 0.717) is 0 Å². The minimum atomic E-state index is -0.485. The Hall–Kier alpha value is -2.70. The fourth-order valence-electron chi connectivity index (χ4n) is 1.80. The molecule has 7 nitrogen and oxygen atoms in total. The molecule has 0 aliphatic carbocycles. The van der Waals surface area contributed by atoms with E-state index < -0.39 is 4.92 Å². The van der Waals surface area contributed by atoms with Crippen molar-refractivity contribution in [3.63, 3.8) is 0 Å². The van der Waals surface area contributed by atoms with Crippen molar-refractivity contribution in [3.8, 4) is 0 Å². The molecule has 0 unspecified atom stereocenters. The van der Waals surface area contributed by atoms with E-state index in [1.807, 2.05) is 45.0 Å². The number of aromatic nitrogens is 2. The first kappa shape index (κ1) is 14.7. The molecule has 1 aromatic carbocycles. The Labute approximate surface area is 122 Å². The van der Waals surface area contributed by atoms with Crippen molar-refractivity contribution in [1.82, 2.24) is 9.97 Å². The van der Waals surface area contributed by atoms with Gasteiger partial charge in [-0.05, 0) is 32.9 Å². The third-order valence-corrected chi connectivity index (χ3v) is 2.74. The number of anilines is 3. The van der Waals surface area contributed by atoms with E-state index >= 15 is 0 Å². The molecule has 2 N–H and O–H groups in total. The van der Waals surface area contributed by atoms with Gasteiger partial charge in [-0.2, -0.15) is 0 Å². The Morgan fingerprint density at radius 3 is 2.33 bits per heavy atom. The van der Waals surface area contributed by atoms with E-state index in [4.69, 9.17) is 0 Å². The van der Waals surface area contributed by atoms with Crippen molar-refractivity contribution in [2.24, 2.45) is 0 Å². The molecule has 1 heterocycles. The summed E-state index contributed by atoms with van der Waals surface area (Å²) in [5.74, 6) is 0.376. The van der Waals surface area contributed by atoms with Gasteiger partial charge in [0.1, 0.15) is 6.33 Å². The summed E-state index contributed by atoms with van der Waals surface area (Å²) in [4.78, 5) is 18.8. The third kappa shape index (κ3) is 3.65. The average Bonchev–Trinajstić information content (AvgIpc) is 2.40. The minimum absolute atomic E-state index is 0.0332. The summed E-state index contributed by atoms with van der Waals surface area (Å²) in [7, 11) is 0. The van der Waals surface area contributed by atoms with Gasteiger partial charge in [-0.15, -0.1) is 0 Å². The molecule has 0 aliphatic heterocycles. The van der Waals surface area contributed by atoms with Crippen LogP contribution in [0.2, 0.25) is 0 Å². The van der Waals surface area contributed by atoms with Gasteiger partial charge in [0, 0.05) is 11.7 Å². The topological polar surface area (TPSA) is 93.0 Å². The maximum absolute atomic E-state index is 11.3. The van der Waals surface area contributed by atoms with E-state index in [2.05, 4.69) is 20.6 Å². The Kier molecular flexibility index (Phi) is 4.32. The van der Waals surface area contributed by atoms with E-state index in [1.54, 1.807) is 0 Å². The summed E-state index contributed by atoms with van der Waals surface area (Å²) < 4.78 is 0. The zero-order valence-corrected chi connectivity index (χ0v) is 12.1. The van der Waals surface area contributed by atoms with Crippen LogP contribution in [0.4, 0.5) is 23.0 Å². The fraction of sp³-hybridized carbons (Fsp3) is 0.286. The van der Waals surface area contributed by atoms with Gasteiger partial charge in [0.15, 0.2) is 0 Å². The molecule has 0 saturated heterocycles. The second-order valence-electron chi connectivity index (χ2n) is 4.97. The normalized spacial score (nSPS) is 10.5. The highest BCUT2D eigenvalue weighted by Crippen LogP contribution is 2.31. The molecule has 110 valence electrons. The Balaban J connectivity index is 2.38. The molecule has 0 radical (unpaired) electrons. The van der Waals surface area contributed by atoms with Crippen LogP contribution in [0, 0.1) is 17.0 Å². The molecule has 21 heavy (non-hydrogen) atoms. The molecular formula is C14H17N5O2. The number of nitrogens with one attached hydrogen (secondary N) is 2. The molecule has 0 bridgehead atoms. The first-order chi connectivity index (χ1) is 9.97. The predicted molar refractivity (Wildman–Crippen MR) is 81.9 cm³/mol. The summed E-state index contributed by atoms with van der Waals surface area (Å²) in [5.41, 5.74) is 1.68. The molecular weight excluding hydrogens is 270 g/mol. The second-order valence-corrected chi connectivity index (χ2v) is 4.97. The van der Waals surface area contributed by atoms with Crippen molar-refractivity contribution < 1.29 is 4.92 Å².